The van der Waals surface area contributed by atoms with E-state index in [0.29, 0.717) is 0 Å². The van der Waals surface area contributed by atoms with Gasteiger partial charge in [-0.2, -0.15) is 0 Å². The molecule has 1 aromatic carbocycles. The summed E-state index contributed by atoms with van der Waals surface area (Å²) in [6, 6.07) is 9.78. The number of likely N-dealkylation sites (N-methyl/N-ethyl adjacent to an activating group) is 1. The fraction of sp³-hybridized carbons (Fsp3) is 0.647. The average Bonchev–Trinajstić information content (AvgIpc) is 3.24. The third kappa shape index (κ3) is 5.75. The monoisotopic (exact) mass is 260 g/mol. The maximum Gasteiger partial charge on any atom is 0.00682 e. The Morgan fingerprint density at radius 2 is 1.74 bits per heavy atom. The lowest BCUT2D eigenvalue weighted by atomic mass is 9.99. The first-order valence-corrected chi connectivity index (χ1v) is 7.91. The molecule has 1 aromatic rings. The summed E-state index contributed by atoms with van der Waals surface area (Å²) in [4.78, 5) is 0. The minimum absolute atomic E-state index is 0.854. The van der Waals surface area contributed by atoms with Crippen molar-refractivity contribution >= 4 is 0 Å². The highest BCUT2D eigenvalue weighted by atomic mass is 14.9. The van der Waals surface area contributed by atoms with Crippen LogP contribution in [0.2, 0.25) is 0 Å². The molecule has 0 unspecified atom stereocenters. The molecule has 0 spiro atoms. The van der Waals surface area contributed by atoms with E-state index in [-0.39, 0.29) is 0 Å². The number of unbranched alkanes of at least 4 members (excludes halogenated alkanes) is 1. The number of hydrogen-bond donors (Lipinski definition) is 2. The molecular formula is C17H28N2. The highest BCUT2D eigenvalue weighted by Gasteiger charge is 2.19. The van der Waals surface area contributed by atoms with Crippen molar-refractivity contribution in [1.29, 1.82) is 0 Å². The minimum atomic E-state index is 0.854. The van der Waals surface area contributed by atoms with Gasteiger partial charge in [-0.05, 0) is 69.3 Å². The number of benzene rings is 1. The molecule has 0 saturated heterocycles. The van der Waals surface area contributed by atoms with Crippen molar-refractivity contribution in [2.45, 2.75) is 51.5 Å². The summed E-state index contributed by atoms with van der Waals surface area (Å²) in [6.07, 6.45) is 7.79. The van der Waals surface area contributed by atoms with Crippen LogP contribution < -0.4 is 10.6 Å². The normalized spacial score (nSPS) is 14.8. The Balaban J connectivity index is 1.68. The zero-order valence-electron chi connectivity index (χ0n) is 12.3. The van der Waals surface area contributed by atoms with E-state index < -0.39 is 0 Å². The van der Waals surface area contributed by atoms with Gasteiger partial charge in [-0.3, -0.25) is 0 Å². The van der Waals surface area contributed by atoms with Crippen LogP contribution in [0.5, 0.6) is 0 Å². The first-order chi connectivity index (χ1) is 9.40. The Hall–Kier alpha value is -0.860. The molecule has 0 aromatic heterocycles. The third-order valence-corrected chi connectivity index (χ3v) is 3.82. The molecule has 106 valence electrons. The molecule has 0 amide bonds. The number of nitrogens with one attached hydrogen (secondary N) is 2. The lowest BCUT2D eigenvalue weighted by Gasteiger charge is -2.10. The van der Waals surface area contributed by atoms with Gasteiger partial charge < -0.3 is 10.6 Å². The molecule has 2 heteroatoms. The van der Waals surface area contributed by atoms with E-state index in [1.165, 1.54) is 44.2 Å². The van der Waals surface area contributed by atoms with Crippen LogP contribution in [0.4, 0.5) is 0 Å². The number of aryl methyl sites for hydroxylation is 1. The topological polar surface area (TPSA) is 24.1 Å². The molecular weight excluding hydrogens is 232 g/mol. The molecule has 1 fully saturated rings. The van der Waals surface area contributed by atoms with Gasteiger partial charge in [0.2, 0.25) is 0 Å². The molecule has 0 radical (unpaired) electrons. The van der Waals surface area contributed by atoms with Crippen molar-refractivity contribution in [2.24, 2.45) is 0 Å². The SMILES string of the molecule is CCNCCc1ccccc1CCCCNC1CC1. The van der Waals surface area contributed by atoms with Gasteiger partial charge in [0.1, 0.15) is 0 Å². The van der Waals surface area contributed by atoms with Gasteiger partial charge in [-0.1, -0.05) is 31.2 Å². The van der Waals surface area contributed by atoms with Gasteiger partial charge >= 0.3 is 0 Å². The van der Waals surface area contributed by atoms with Crippen molar-refractivity contribution in [2.75, 3.05) is 19.6 Å². The maximum atomic E-state index is 3.59. The second-order valence-corrected chi connectivity index (χ2v) is 5.56. The molecule has 1 aliphatic carbocycles. The van der Waals surface area contributed by atoms with E-state index in [1.807, 2.05) is 0 Å². The molecule has 1 aliphatic rings. The maximum absolute atomic E-state index is 3.59. The predicted octanol–water partition coefficient (Wildman–Crippen LogP) is 2.91. The Kier molecular flexibility index (Phi) is 6.38. The van der Waals surface area contributed by atoms with E-state index in [9.17, 15) is 0 Å². The summed E-state index contributed by atoms with van der Waals surface area (Å²) >= 11 is 0. The molecule has 1 saturated carbocycles. The van der Waals surface area contributed by atoms with Gasteiger partial charge in [0.15, 0.2) is 0 Å². The Morgan fingerprint density at radius 3 is 2.42 bits per heavy atom. The zero-order chi connectivity index (χ0) is 13.3. The summed E-state index contributed by atoms with van der Waals surface area (Å²) in [5.41, 5.74) is 3.07. The quantitative estimate of drug-likeness (QED) is 0.632. The molecule has 2 rings (SSSR count). The minimum Gasteiger partial charge on any atom is -0.317 e. The van der Waals surface area contributed by atoms with E-state index in [4.69, 9.17) is 0 Å². The van der Waals surface area contributed by atoms with Crippen LogP contribution in [0, 0.1) is 0 Å². The smallest absolute Gasteiger partial charge is 0.00682 e. The van der Waals surface area contributed by atoms with Crippen LogP contribution in [-0.4, -0.2) is 25.7 Å². The Morgan fingerprint density at radius 1 is 1.00 bits per heavy atom. The molecule has 0 heterocycles. The van der Waals surface area contributed by atoms with E-state index in [1.54, 1.807) is 5.56 Å². The highest BCUT2D eigenvalue weighted by molar-refractivity contribution is 5.27. The Bertz CT molecular complexity index is 358. The van der Waals surface area contributed by atoms with Gasteiger partial charge in [-0.15, -0.1) is 0 Å². The first-order valence-electron chi connectivity index (χ1n) is 7.91. The second-order valence-electron chi connectivity index (χ2n) is 5.56. The molecule has 2 N–H and O–H groups in total. The average molecular weight is 260 g/mol. The van der Waals surface area contributed by atoms with Gasteiger partial charge in [0.25, 0.3) is 0 Å². The van der Waals surface area contributed by atoms with Crippen LogP contribution in [0.3, 0.4) is 0 Å². The van der Waals surface area contributed by atoms with Crippen molar-refractivity contribution in [3.05, 3.63) is 35.4 Å². The summed E-state index contributed by atoms with van der Waals surface area (Å²) in [7, 11) is 0. The van der Waals surface area contributed by atoms with E-state index in [2.05, 4.69) is 41.8 Å². The number of hydrogen-bond acceptors (Lipinski definition) is 2. The third-order valence-electron chi connectivity index (χ3n) is 3.82. The summed E-state index contributed by atoms with van der Waals surface area (Å²) in [6.45, 7) is 5.52. The predicted molar refractivity (Wildman–Crippen MR) is 82.7 cm³/mol. The first kappa shape index (κ1) is 14.5. The van der Waals surface area contributed by atoms with Crippen molar-refractivity contribution in [1.82, 2.24) is 10.6 Å². The molecule has 19 heavy (non-hydrogen) atoms. The van der Waals surface area contributed by atoms with Crippen molar-refractivity contribution in [3.8, 4) is 0 Å². The van der Waals surface area contributed by atoms with Gasteiger partial charge in [0, 0.05) is 6.04 Å². The molecule has 0 bridgehead atoms. The van der Waals surface area contributed by atoms with Crippen LogP contribution in [0.25, 0.3) is 0 Å². The van der Waals surface area contributed by atoms with Gasteiger partial charge in [-0.25, -0.2) is 0 Å². The summed E-state index contributed by atoms with van der Waals surface area (Å²) < 4.78 is 0. The standard InChI is InChI=1S/C17H28N2/c1-2-18-14-12-16-8-4-3-7-15(16)9-5-6-13-19-17-10-11-17/h3-4,7-8,17-19H,2,5-6,9-14H2,1H3. The fourth-order valence-corrected chi connectivity index (χ4v) is 2.48. The van der Waals surface area contributed by atoms with E-state index in [0.717, 1.165) is 25.6 Å². The molecule has 2 nitrogen and oxygen atoms in total. The van der Waals surface area contributed by atoms with Crippen molar-refractivity contribution in [3.63, 3.8) is 0 Å². The highest BCUT2D eigenvalue weighted by Crippen LogP contribution is 2.18. The second kappa shape index (κ2) is 8.34. The summed E-state index contributed by atoms with van der Waals surface area (Å²) in [5, 5.41) is 7.00. The van der Waals surface area contributed by atoms with Crippen LogP contribution in [0.1, 0.15) is 43.7 Å². The van der Waals surface area contributed by atoms with Crippen LogP contribution in [-0.2, 0) is 12.8 Å². The Labute approximate surface area is 118 Å². The summed E-state index contributed by atoms with van der Waals surface area (Å²) in [5.74, 6) is 0. The zero-order valence-corrected chi connectivity index (χ0v) is 12.3. The molecule has 0 aliphatic heterocycles. The van der Waals surface area contributed by atoms with Crippen LogP contribution in [0.15, 0.2) is 24.3 Å². The largest absolute Gasteiger partial charge is 0.317 e. The fourth-order valence-electron chi connectivity index (χ4n) is 2.48. The lowest BCUT2D eigenvalue weighted by molar-refractivity contribution is 0.618. The number of rotatable bonds is 10. The van der Waals surface area contributed by atoms with E-state index >= 15 is 0 Å². The van der Waals surface area contributed by atoms with Gasteiger partial charge in [0.05, 0.1) is 0 Å². The lowest BCUT2D eigenvalue weighted by Crippen LogP contribution is -2.18. The van der Waals surface area contributed by atoms with Crippen molar-refractivity contribution < 1.29 is 0 Å². The molecule has 0 atom stereocenters. The van der Waals surface area contributed by atoms with Crippen LogP contribution >= 0.6 is 0 Å².